The molecule has 1 aliphatic rings. The zero-order valence-electron chi connectivity index (χ0n) is 10.4. The summed E-state index contributed by atoms with van der Waals surface area (Å²) in [6, 6.07) is 3.95. The maximum absolute atomic E-state index is 5.59. The quantitative estimate of drug-likeness (QED) is 0.854. The van der Waals surface area contributed by atoms with E-state index in [0.29, 0.717) is 0 Å². The average Bonchev–Trinajstić information content (AvgIpc) is 2.99. The third-order valence-electron chi connectivity index (χ3n) is 2.99. The van der Waals surface area contributed by atoms with E-state index in [1.165, 1.54) is 0 Å². The summed E-state index contributed by atoms with van der Waals surface area (Å²) in [5.41, 5.74) is 1.12. The number of morpholine rings is 1. The van der Waals surface area contributed by atoms with Gasteiger partial charge in [0.25, 0.3) is 0 Å². The summed E-state index contributed by atoms with van der Waals surface area (Å²) >= 11 is 1.64. The lowest BCUT2D eigenvalue weighted by molar-refractivity contribution is 0.0337. The Bertz CT molecular complexity index is 515. The van der Waals surface area contributed by atoms with E-state index in [9.17, 15) is 0 Å². The van der Waals surface area contributed by atoms with Crippen molar-refractivity contribution in [2.24, 2.45) is 0 Å². The van der Waals surface area contributed by atoms with Gasteiger partial charge in [-0.1, -0.05) is 0 Å². The molecule has 0 unspecified atom stereocenters. The summed E-state index contributed by atoms with van der Waals surface area (Å²) in [6.45, 7) is 6.49. The van der Waals surface area contributed by atoms with Crippen molar-refractivity contribution in [1.29, 1.82) is 0 Å². The maximum atomic E-state index is 5.59. The van der Waals surface area contributed by atoms with E-state index in [0.717, 1.165) is 55.1 Å². The van der Waals surface area contributed by atoms with Gasteiger partial charge < -0.3 is 9.15 Å². The second-order valence-corrected chi connectivity index (χ2v) is 5.30. The van der Waals surface area contributed by atoms with Crippen LogP contribution < -0.4 is 0 Å². The van der Waals surface area contributed by atoms with Crippen molar-refractivity contribution in [2.45, 2.75) is 13.5 Å². The van der Waals surface area contributed by atoms with Gasteiger partial charge >= 0.3 is 0 Å². The summed E-state index contributed by atoms with van der Waals surface area (Å²) in [5.74, 6) is 1.79. The van der Waals surface area contributed by atoms with Crippen LogP contribution >= 0.6 is 11.3 Å². The highest BCUT2D eigenvalue weighted by atomic mass is 32.1. The number of aromatic nitrogens is 1. The van der Waals surface area contributed by atoms with Gasteiger partial charge in [-0.25, -0.2) is 4.98 Å². The Labute approximate surface area is 110 Å². The van der Waals surface area contributed by atoms with E-state index in [1.54, 1.807) is 11.3 Å². The fourth-order valence-electron chi connectivity index (χ4n) is 2.03. The van der Waals surface area contributed by atoms with Gasteiger partial charge in [-0.15, -0.1) is 11.3 Å². The highest BCUT2D eigenvalue weighted by molar-refractivity contribution is 7.13. The topological polar surface area (TPSA) is 38.5 Å². The molecule has 1 aliphatic heterocycles. The van der Waals surface area contributed by atoms with Crippen LogP contribution in [0, 0.1) is 6.92 Å². The normalized spacial score (nSPS) is 17.2. The summed E-state index contributed by atoms with van der Waals surface area (Å²) in [7, 11) is 0. The van der Waals surface area contributed by atoms with E-state index in [1.807, 2.05) is 19.1 Å². The Hall–Kier alpha value is -1.17. The van der Waals surface area contributed by atoms with Crippen molar-refractivity contribution < 1.29 is 9.15 Å². The zero-order chi connectivity index (χ0) is 12.4. The molecule has 1 saturated heterocycles. The molecule has 18 heavy (non-hydrogen) atoms. The minimum absolute atomic E-state index is 0.828. The van der Waals surface area contributed by atoms with Gasteiger partial charge in [0, 0.05) is 25.0 Å². The van der Waals surface area contributed by atoms with E-state index in [4.69, 9.17) is 9.15 Å². The standard InChI is InChI=1S/C13H16N2O2S/c1-10-2-3-12(17-10)13-14-11(9-18-13)8-15-4-6-16-7-5-15/h2-3,9H,4-8H2,1H3. The molecule has 0 atom stereocenters. The van der Waals surface area contributed by atoms with Crippen molar-refractivity contribution in [3.05, 3.63) is 29.0 Å². The predicted octanol–water partition coefficient (Wildman–Crippen LogP) is 2.54. The SMILES string of the molecule is Cc1ccc(-c2nc(CN3CCOCC3)cs2)o1. The molecule has 0 radical (unpaired) electrons. The molecule has 3 heterocycles. The van der Waals surface area contributed by atoms with E-state index >= 15 is 0 Å². The lowest BCUT2D eigenvalue weighted by atomic mass is 10.3. The lowest BCUT2D eigenvalue weighted by Crippen LogP contribution is -2.35. The number of thiazole rings is 1. The highest BCUT2D eigenvalue weighted by Crippen LogP contribution is 2.26. The number of nitrogens with zero attached hydrogens (tertiary/aromatic N) is 2. The van der Waals surface area contributed by atoms with E-state index in [-0.39, 0.29) is 0 Å². The second kappa shape index (κ2) is 5.22. The Morgan fingerprint density at radius 1 is 1.33 bits per heavy atom. The van der Waals surface area contributed by atoms with E-state index in [2.05, 4.69) is 15.3 Å². The Morgan fingerprint density at radius 2 is 2.17 bits per heavy atom. The lowest BCUT2D eigenvalue weighted by Gasteiger charge is -2.25. The number of hydrogen-bond donors (Lipinski definition) is 0. The number of ether oxygens (including phenoxy) is 1. The van der Waals surface area contributed by atoms with Crippen molar-refractivity contribution in [1.82, 2.24) is 9.88 Å². The van der Waals surface area contributed by atoms with Gasteiger partial charge in [0.05, 0.1) is 18.9 Å². The molecule has 2 aromatic heterocycles. The molecule has 0 bridgehead atoms. The second-order valence-electron chi connectivity index (χ2n) is 4.44. The maximum Gasteiger partial charge on any atom is 0.162 e. The summed E-state index contributed by atoms with van der Waals surface area (Å²) < 4.78 is 10.9. The first-order valence-corrected chi connectivity index (χ1v) is 7.00. The molecule has 0 N–H and O–H groups in total. The van der Waals surface area contributed by atoms with Crippen LogP contribution in [0.2, 0.25) is 0 Å². The summed E-state index contributed by atoms with van der Waals surface area (Å²) in [6.07, 6.45) is 0. The first-order valence-electron chi connectivity index (χ1n) is 6.12. The fraction of sp³-hybridized carbons (Fsp3) is 0.462. The van der Waals surface area contributed by atoms with Crippen molar-refractivity contribution in [2.75, 3.05) is 26.3 Å². The molecular formula is C13H16N2O2S. The smallest absolute Gasteiger partial charge is 0.162 e. The predicted molar refractivity (Wildman–Crippen MR) is 70.6 cm³/mol. The van der Waals surface area contributed by atoms with Crippen molar-refractivity contribution >= 4 is 11.3 Å². The molecule has 0 aliphatic carbocycles. The van der Waals surface area contributed by atoms with Gasteiger partial charge in [-0.3, -0.25) is 4.90 Å². The summed E-state index contributed by atoms with van der Waals surface area (Å²) in [5, 5.41) is 3.08. The average molecular weight is 264 g/mol. The van der Waals surface area contributed by atoms with Gasteiger partial charge in [0.15, 0.2) is 10.8 Å². The van der Waals surface area contributed by atoms with Crippen LogP contribution in [0.5, 0.6) is 0 Å². The molecule has 1 fully saturated rings. The van der Waals surface area contributed by atoms with Gasteiger partial charge in [-0.2, -0.15) is 0 Å². The zero-order valence-corrected chi connectivity index (χ0v) is 11.2. The molecule has 0 saturated carbocycles. The fourth-order valence-corrected chi connectivity index (χ4v) is 2.80. The van der Waals surface area contributed by atoms with Crippen LogP contribution in [0.1, 0.15) is 11.5 Å². The first-order chi connectivity index (χ1) is 8.81. The molecule has 2 aromatic rings. The number of rotatable bonds is 3. The van der Waals surface area contributed by atoms with Crippen molar-refractivity contribution in [3.8, 4) is 10.8 Å². The molecule has 5 heteroatoms. The van der Waals surface area contributed by atoms with Crippen LogP contribution in [-0.2, 0) is 11.3 Å². The third kappa shape index (κ3) is 2.63. The number of furan rings is 1. The van der Waals surface area contributed by atoms with Gasteiger partial charge in [-0.05, 0) is 19.1 Å². The molecule has 0 aromatic carbocycles. The Morgan fingerprint density at radius 3 is 2.89 bits per heavy atom. The van der Waals surface area contributed by atoms with Crippen LogP contribution in [0.3, 0.4) is 0 Å². The molecular weight excluding hydrogens is 248 g/mol. The summed E-state index contributed by atoms with van der Waals surface area (Å²) in [4.78, 5) is 7.00. The number of aryl methyl sites for hydroxylation is 1. The minimum Gasteiger partial charge on any atom is -0.459 e. The highest BCUT2D eigenvalue weighted by Gasteiger charge is 2.14. The van der Waals surface area contributed by atoms with Crippen LogP contribution in [0.15, 0.2) is 21.9 Å². The molecule has 96 valence electrons. The van der Waals surface area contributed by atoms with Crippen LogP contribution in [0.25, 0.3) is 10.8 Å². The first kappa shape index (κ1) is 11.9. The van der Waals surface area contributed by atoms with Gasteiger partial charge in [0.2, 0.25) is 0 Å². The third-order valence-corrected chi connectivity index (χ3v) is 3.90. The van der Waals surface area contributed by atoms with Gasteiger partial charge in [0.1, 0.15) is 5.76 Å². The molecule has 4 nitrogen and oxygen atoms in total. The van der Waals surface area contributed by atoms with Crippen molar-refractivity contribution in [3.63, 3.8) is 0 Å². The van der Waals surface area contributed by atoms with Crippen LogP contribution in [-0.4, -0.2) is 36.2 Å². The van der Waals surface area contributed by atoms with E-state index < -0.39 is 0 Å². The molecule has 0 spiro atoms. The number of hydrogen-bond acceptors (Lipinski definition) is 5. The Balaban J connectivity index is 1.69. The minimum atomic E-state index is 0.828. The molecule has 3 rings (SSSR count). The largest absolute Gasteiger partial charge is 0.459 e. The molecule has 0 amide bonds. The Kier molecular flexibility index (Phi) is 3.45. The monoisotopic (exact) mass is 264 g/mol. The van der Waals surface area contributed by atoms with Crippen LogP contribution in [0.4, 0.5) is 0 Å².